The molecule has 1 aliphatic heterocycles. The number of amides is 1. The topological polar surface area (TPSA) is 41.1 Å². The van der Waals surface area contributed by atoms with Gasteiger partial charge in [0.2, 0.25) is 5.91 Å². The Hall–Kier alpha value is -0.570. The van der Waals surface area contributed by atoms with Gasteiger partial charge < -0.3 is 10.6 Å². The molecule has 3 heteroatoms. The summed E-state index contributed by atoms with van der Waals surface area (Å²) in [5.41, 5.74) is 0. The molecule has 2 atom stereocenters. The Morgan fingerprint density at radius 1 is 1.19 bits per heavy atom. The van der Waals surface area contributed by atoms with Gasteiger partial charge in [-0.15, -0.1) is 0 Å². The van der Waals surface area contributed by atoms with Crippen molar-refractivity contribution in [3.63, 3.8) is 0 Å². The fraction of sp³-hybridized carbons (Fsp3) is 0.923. The summed E-state index contributed by atoms with van der Waals surface area (Å²) in [4.78, 5) is 11.6. The monoisotopic (exact) mass is 224 g/mol. The summed E-state index contributed by atoms with van der Waals surface area (Å²) in [5, 5.41) is 6.47. The van der Waals surface area contributed by atoms with Crippen molar-refractivity contribution in [1.29, 1.82) is 0 Å². The van der Waals surface area contributed by atoms with E-state index in [0.29, 0.717) is 6.04 Å². The summed E-state index contributed by atoms with van der Waals surface area (Å²) >= 11 is 0. The Bertz CT molecular complexity index is 236. The molecule has 2 unspecified atom stereocenters. The lowest BCUT2D eigenvalue weighted by atomic mass is 9.84. The van der Waals surface area contributed by atoms with Gasteiger partial charge in [-0.05, 0) is 38.5 Å². The van der Waals surface area contributed by atoms with E-state index in [2.05, 4.69) is 17.6 Å². The van der Waals surface area contributed by atoms with Gasteiger partial charge in [0.05, 0.1) is 6.04 Å². The van der Waals surface area contributed by atoms with Crippen LogP contribution in [0.1, 0.15) is 51.9 Å². The molecule has 0 aromatic carbocycles. The van der Waals surface area contributed by atoms with Crippen LogP contribution in [0.2, 0.25) is 0 Å². The zero-order valence-electron chi connectivity index (χ0n) is 10.3. The van der Waals surface area contributed by atoms with Crippen molar-refractivity contribution in [2.75, 3.05) is 6.54 Å². The summed E-state index contributed by atoms with van der Waals surface area (Å²) in [5.74, 6) is 0.984. The summed E-state index contributed by atoms with van der Waals surface area (Å²) in [6, 6.07) is 0.555. The van der Waals surface area contributed by atoms with Crippen molar-refractivity contribution in [3.05, 3.63) is 0 Å². The van der Waals surface area contributed by atoms with Crippen molar-refractivity contribution in [2.45, 2.75) is 64.0 Å². The Morgan fingerprint density at radius 2 is 1.94 bits per heavy atom. The maximum absolute atomic E-state index is 11.6. The second kappa shape index (κ2) is 5.67. The molecule has 1 saturated carbocycles. The molecular weight excluding hydrogens is 200 g/mol. The number of piperidine rings is 1. The number of hydrogen-bond donors (Lipinski definition) is 2. The van der Waals surface area contributed by atoms with Gasteiger partial charge in [-0.25, -0.2) is 0 Å². The Labute approximate surface area is 98.4 Å². The summed E-state index contributed by atoms with van der Waals surface area (Å²) in [6.45, 7) is 3.10. The van der Waals surface area contributed by atoms with Gasteiger partial charge in [-0.2, -0.15) is 0 Å². The van der Waals surface area contributed by atoms with Crippen molar-refractivity contribution >= 4 is 5.91 Å². The van der Waals surface area contributed by atoms with Crippen molar-refractivity contribution < 1.29 is 4.79 Å². The average molecular weight is 224 g/mol. The minimum Gasteiger partial charge on any atom is -0.355 e. The van der Waals surface area contributed by atoms with E-state index in [4.69, 9.17) is 0 Å². The van der Waals surface area contributed by atoms with E-state index in [-0.39, 0.29) is 11.9 Å². The van der Waals surface area contributed by atoms with Crippen LogP contribution in [0, 0.1) is 5.92 Å². The van der Waals surface area contributed by atoms with E-state index in [1.165, 1.54) is 32.1 Å². The third kappa shape index (κ3) is 2.97. The van der Waals surface area contributed by atoms with Crippen LogP contribution in [0.5, 0.6) is 0 Å². The maximum atomic E-state index is 11.6. The Balaban J connectivity index is 1.80. The van der Waals surface area contributed by atoms with E-state index in [0.717, 1.165) is 25.3 Å². The Kier molecular flexibility index (Phi) is 4.22. The second-order valence-electron chi connectivity index (χ2n) is 5.34. The molecule has 2 rings (SSSR count). The fourth-order valence-corrected chi connectivity index (χ4v) is 3.02. The van der Waals surface area contributed by atoms with Crippen LogP contribution >= 0.6 is 0 Å². The normalized spacial score (nSPS) is 29.8. The van der Waals surface area contributed by atoms with Crippen molar-refractivity contribution in [2.24, 2.45) is 5.92 Å². The van der Waals surface area contributed by atoms with Crippen molar-refractivity contribution in [1.82, 2.24) is 10.6 Å². The Morgan fingerprint density at radius 3 is 2.62 bits per heavy atom. The predicted octanol–water partition coefficient (Wildman–Crippen LogP) is 1.82. The maximum Gasteiger partial charge on any atom is 0.237 e. The van der Waals surface area contributed by atoms with Crippen LogP contribution in [0.3, 0.4) is 0 Å². The first-order valence-corrected chi connectivity index (χ1v) is 6.81. The molecule has 16 heavy (non-hydrogen) atoms. The van der Waals surface area contributed by atoms with E-state index in [1.54, 1.807) is 0 Å². The number of carbonyl (C=O) groups excluding carboxylic acids is 1. The highest BCUT2D eigenvalue weighted by atomic mass is 16.2. The molecule has 0 spiro atoms. The lowest BCUT2D eigenvalue weighted by Crippen LogP contribution is -2.52. The fourth-order valence-electron chi connectivity index (χ4n) is 3.02. The predicted molar refractivity (Wildman–Crippen MR) is 65.2 cm³/mol. The smallest absolute Gasteiger partial charge is 0.237 e. The third-order valence-corrected chi connectivity index (χ3v) is 4.11. The summed E-state index contributed by atoms with van der Waals surface area (Å²) < 4.78 is 0. The number of hydrogen-bond acceptors (Lipinski definition) is 2. The molecule has 1 amide bonds. The van der Waals surface area contributed by atoms with E-state index < -0.39 is 0 Å². The highest BCUT2D eigenvalue weighted by Crippen LogP contribution is 2.26. The van der Waals surface area contributed by atoms with Gasteiger partial charge in [-0.3, -0.25) is 4.79 Å². The molecule has 2 fully saturated rings. The molecule has 0 aromatic rings. The van der Waals surface area contributed by atoms with Crippen LogP contribution in [0.15, 0.2) is 0 Å². The lowest BCUT2D eigenvalue weighted by Gasteiger charge is -2.32. The first-order chi connectivity index (χ1) is 7.77. The molecular formula is C13H24N2O. The molecule has 2 aliphatic rings. The van der Waals surface area contributed by atoms with Crippen LogP contribution in [-0.2, 0) is 4.79 Å². The minimum atomic E-state index is 0.0608. The molecule has 0 aromatic heterocycles. The largest absolute Gasteiger partial charge is 0.355 e. The molecule has 0 bridgehead atoms. The van der Waals surface area contributed by atoms with E-state index >= 15 is 0 Å². The van der Waals surface area contributed by atoms with E-state index in [1.807, 2.05) is 0 Å². The highest BCUT2D eigenvalue weighted by Gasteiger charge is 2.27. The SMILES string of the molecule is CC(NC1CCCNC1=O)C1CCCCC1. The third-order valence-electron chi connectivity index (χ3n) is 4.11. The first kappa shape index (κ1) is 11.9. The first-order valence-electron chi connectivity index (χ1n) is 6.81. The molecule has 2 N–H and O–H groups in total. The average Bonchev–Trinajstić information content (AvgIpc) is 2.33. The van der Waals surface area contributed by atoms with Gasteiger partial charge in [0.1, 0.15) is 0 Å². The molecule has 1 saturated heterocycles. The lowest BCUT2D eigenvalue weighted by molar-refractivity contribution is -0.124. The highest BCUT2D eigenvalue weighted by molar-refractivity contribution is 5.82. The van der Waals surface area contributed by atoms with Crippen LogP contribution < -0.4 is 10.6 Å². The van der Waals surface area contributed by atoms with Gasteiger partial charge in [0, 0.05) is 12.6 Å². The number of rotatable bonds is 3. The molecule has 1 heterocycles. The molecule has 3 nitrogen and oxygen atoms in total. The van der Waals surface area contributed by atoms with Crippen LogP contribution in [0.4, 0.5) is 0 Å². The van der Waals surface area contributed by atoms with Gasteiger partial charge in [0.15, 0.2) is 0 Å². The zero-order valence-corrected chi connectivity index (χ0v) is 10.3. The van der Waals surface area contributed by atoms with Crippen molar-refractivity contribution in [3.8, 4) is 0 Å². The summed E-state index contributed by atoms with van der Waals surface area (Å²) in [6.07, 6.45) is 8.92. The summed E-state index contributed by atoms with van der Waals surface area (Å²) in [7, 11) is 0. The van der Waals surface area contributed by atoms with Gasteiger partial charge >= 0.3 is 0 Å². The zero-order chi connectivity index (χ0) is 11.4. The molecule has 0 radical (unpaired) electrons. The molecule has 92 valence electrons. The standard InChI is InChI=1S/C13H24N2O/c1-10(11-6-3-2-4-7-11)15-12-8-5-9-14-13(12)16/h10-12,15H,2-9H2,1H3,(H,14,16). The minimum absolute atomic E-state index is 0.0608. The van der Waals surface area contributed by atoms with Gasteiger partial charge in [-0.1, -0.05) is 19.3 Å². The van der Waals surface area contributed by atoms with Crippen LogP contribution in [0.25, 0.3) is 0 Å². The molecule has 1 aliphatic carbocycles. The number of nitrogens with one attached hydrogen (secondary N) is 2. The van der Waals surface area contributed by atoms with Gasteiger partial charge in [0.25, 0.3) is 0 Å². The quantitative estimate of drug-likeness (QED) is 0.768. The second-order valence-corrected chi connectivity index (χ2v) is 5.34. The number of carbonyl (C=O) groups is 1. The van der Waals surface area contributed by atoms with Crippen LogP contribution in [-0.4, -0.2) is 24.5 Å². The van der Waals surface area contributed by atoms with E-state index in [9.17, 15) is 4.79 Å².